The predicted molar refractivity (Wildman–Crippen MR) is 127 cm³/mol. The Morgan fingerprint density at radius 2 is 1.86 bits per heavy atom. The summed E-state index contributed by atoms with van der Waals surface area (Å²) in [5.74, 6) is -3.75. The molecule has 2 saturated heterocycles. The molecule has 5 rings (SSSR count). The van der Waals surface area contributed by atoms with E-state index >= 15 is 0 Å². The van der Waals surface area contributed by atoms with Gasteiger partial charge < -0.3 is 14.4 Å². The van der Waals surface area contributed by atoms with Gasteiger partial charge in [0.15, 0.2) is 16.7 Å². The Labute approximate surface area is 208 Å². The lowest BCUT2D eigenvalue weighted by molar-refractivity contribution is -0.120. The third-order valence-electron chi connectivity index (χ3n) is 5.87. The minimum atomic E-state index is -1.19. The molecule has 12 heteroatoms. The van der Waals surface area contributed by atoms with Crippen molar-refractivity contribution in [2.24, 2.45) is 0 Å². The van der Waals surface area contributed by atoms with Gasteiger partial charge >= 0.3 is 6.03 Å². The maximum absolute atomic E-state index is 14.8. The number of carbonyl (C=O) groups excluding carboxylic acids is 2. The number of nitrogens with one attached hydrogen (secondary N) is 1. The van der Waals surface area contributed by atoms with Crippen LogP contribution in [0.15, 0.2) is 35.7 Å². The summed E-state index contributed by atoms with van der Waals surface area (Å²) >= 11 is 1.37. The van der Waals surface area contributed by atoms with Crippen LogP contribution in [0.2, 0.25) is 0 Å². The highest BCUT2D eigenvalue weighted by molar-refractivity contribution is 7.14. The smallest absolute Gasteiger partial charge is 0.328 e. The average molecular weight is 519 g/mol. The first kappa shape index (κ1) is 24.1. The van der Waals surface area contributed by atoms with Crippen LogP contribution in [0.1, 0.15) is 12.0 Å². The first-order valence-electron chi connectivity index (χ1n) is 11.2. The molecule has 3 amide bonds. The van der Waals surface area contributed by atoms with Gasteiger partial charge in [0.1, 0.15) is 12.4 Å². The summed E-state index contributed by atoms with van der Waals surface area (Å²) in [4.78, 5) is 31.2. The van der Waals surface area contributed by atoms with E-state index in [1.165, 1.54) is 34.4 Å². The third-order valence-corrected chi connectivity index (χ3v) is 6.78. The molecule has 2 fully saturated rings. The zero-order valence-electron chi connectivity index (χ0n) is 18.9. The fraction of sp³-hybridized carbons (Fsp3) is 0.292. The monoisotopic (exact) mass is 518 g/mol. The lowest BCUT2D eigenvalue weighted by atomic mass is 10.1. The maximum Gasteiger partial charge on any atom is 0.328 e. The number of ether oxygens (including phenoxy) is 2. The molecule has 0 atom stereocenters. The Morgan fingerprint density at radius 3 is 2.61 bits per heavy atom. The Kier molecular flexibility index (Phi) is 6.79. The normalized spacial score (nSPS) is 16.3. The number of aromatic nitrogens is 1. The summed E-state index contributed by atoms with van der Waals surface area (Å²) in [6.45, 7) is 2.26. The molecule has 3 aromatic rings. The number of imide groups is 1. The number of halogens is 3. The number of thiazole rings is 1. The van der Waals surface area contributed by atoms with Crippen LogP contribution in [-0.4, -0.2) is 49.8 Å². The van der Waals surface area contributed by atoms with Crippen LogP contribution in [0.25, 0.3) is 11.3 Å². The fourth-order valence-corrected chi connectivity index (χ4v) is 4.82. The second-order valence-electron chi connectivity index (χ2n) is 8.17. The van der Waals surface area contributed by atoms with E-state index in [1.807, 2.05) is 4.90 Å². The summed E-state index contributed by atoms with van der Waals surface area (Å²) in [5.41, 5.74) is 0.999. The number of anilines is 2. The molecule has 1 N–H and O–H groups in total. The zero-order chi connectivity index (χ0) is 25.2. The van der Waals surface area contributed by atoms with Crippen LogP contribution in [0.4, 0.5) is 28.8 Å². The highest BCUT2D eigenvalue weighted by atomic mass is 32.1. The SMILES string of the molecule is O=C1CCN(c2ccc(COc3c(-c4csc(N5CCOCC5)n4)ccc(F)c3F)c(F)c2)C(=O)N1. The van der Waals surface area contributed by atoms with Crippen molar-refractivity contribution in [1.29, 1.82) is 0 Å². The van der Waals surface area contributed by atoms with Crippen LogP contribution in [0.5, 0.6) is 5.75 Å². The summed E-state index contributed by atoms with van der Waals surface area (Å²) in [6, 6.07) is 5.75. The van der Waals surface area contributed by atoms with Crippen molar-refractivity contribution >= 4 is 34.1 Å². The summed E-state index contributed by atoms with van der Waals surface area (Å²) in [6.07, 6.45) is 0.101. The number of benzene rings is 2. The van der Waals surface area contributed by atoms with E-state index in [0.717, 1.165) is 17.3 Å². The molecule has 36 heavy (non-hydrogen) atoms. The van der Waals surface area contributed by atoms with Gasteiger partial charge in [-0.1, -0.05) is 6.07 Å². The highest BCUT2D eigenvalue weighted by Crippen LogP contribution is 2.37. The molecule has 2 aliphatic heterocycles. The molecular weight excluding hydrogens is 497 g/mol. The lowest BCUT2D eigenvalue weighted by Gasteiger charge is -2.26. The van der Waals surface area contributed by atoms with E-state index in [1.54, 1.807) is 5.38 Å². The molecule has 0 aliphatic carbocycles. The minimum Gasteiger partial charge on any atom is -0.485 e. The van der Waals surface area contributed by atoms with Crippen molar-refractivity contribution in [1.82, 2.24) is 10.3 Å². The summed E-state index contributed by atoms with van der Waals surface area (Å²) in [7, 11) is 0. The van der Waals surface area contributed by atoms with Crippen molar-refractivity contribution in [2.45, 2.75) is 13.0 Å². The van der Waals surface area contributed by atoms with Crippen LogP contribution < -0.4 is 19.9 Å². The van der Waals surface area contributed by atoms with Crippen LogP contribution in [0, 0.1) is 17.5 Å². The molecule has 0 saturated carbocycles. The zero-order valence-corrected chi connectivity index (χ0v) is 19.7. The van der Waals surface area contributed by atoms with Gasteiger partial charge in [0.2, 0.25) is 11.7 Å². The van der Waals surface area contributed by atoms with Gasteiger partial charge in [-0.3, -0.25) is 15.0 Å². The number of rotatable bonds is 6. The van der Waals surface area contributed by atoms with Gasteiger partial charge in [-0.2, -0.15) is 4.39 Å². The number of amides is 3. The van der Waals surface area contributed by atoms with Crippen molar-refractivity contribution in [3.8, 4) is 17.0 Å². The Morgan fingerprint density at radius 1 is 1.06 bits per heavy atom. The molecule has 0 spiro atoms. The van der Waals surface area contributed by atoms with E-state index in [9.17, 15) is 22.8 Å². The molecule has 0 unspecified atom stereocenters. The van der Waals surface area contributed by atoms with Gasteiger partial charge in [-0.05, 0) is 24.3 Å². The fourth-order valence-electron chi connectivity index (χ4n) is 3.94. The Bertz CT molecular complexity index is 1310. The van der Waals surface area contributed by atoms with E-state index in [-0.39, 0.29) is 42.1 Å². The van der Waals surface area contributed by atoms with Gasteiger partial charge in [0.05, 0.1) is 18.9 Å². The van der Waals surface area contributed by atoms with Crippen LogP contribution >= 0.6 is 11.3 Å². The number of hydrogen-bond donors (Lipinski definition) is 1. The average Bonchev–Trinajstić information content (AvgIpc) is 3.36. The number of nitrogens with zero attached hydrogens (tertiary/aromatic N) is 3. The minimum absolute atomic E-state index is 0.0779. The van der Waals surface area contributed by atoms with E-state index in [0.29, 0.717) is 32.0 Å². The topological polar surface area (TPSA) is 84.0 Å². The number of morpholine rings is 1. The van der Waals surface area contributed by atoms with E-state index in [2.05, 4.69) is 10.3 Å². The van der Waals surface area contributed by atoms with Crippen LogP contribution in [-0.2, 0) is 16.1 Å². The summed E-state index contributed by atoms with van der Waals surface area (Å²) in [5, 5.41) is 4.63. The first-order valence-corrected chi connectivity index (χ1v) is 12.1. The molecule has 2 aromatic carbocycles. The lowest BCUT2D eigenvalue weighted by Crippen LogP contribution is -2.49. The van der Waals surface area contributed by atoms with Crippen molar-refractivity contribution < 1.29 is 32.2 Å². The molecule has 0 radical (unpaired) electrons. The second kappa shape index (κ2) is 10.2. The standard InChI is InChI=1S/C24H21F3N4O4S/c25-17-4-3-16(19-13-36-24(28-19)30-7-9-34-10-8-30)22(21(17)27)35-12-14-1-2-15(11-18(14)26)31-6-5-20(32)29-23(31)33/h1-4,11,13H,5-10,12H2,(H,29,32,33). The number of carbonyl (C=O) groups is 2. The molecule has 8 nitrogen and oxygen atoms in total. The van der Waals surface area contributed by atoms with Gasteiger partial charge in [0, 0.05) is 48.2 Å². The Balaban J connectivity index is 1.36. The predicted octanol–water partition coefficient (Wildman–Crippen LogP) is 4.09. The van der Waals surface area contributed by atoms with Crippen molar-refractivity contribution in [2.75, 3.05) is 42.6 Å². The van der Waals surface area contributed by atoms with Gasteiger partial charge in [-0.15, -0.1) is 11.3 Å². The summed E-state index contributed by atoms with van der Waals surface area (Å²) < 4.78 is 54.6. The second-order valence-corrected chi connectivity index (χ2v) is 9.01. The van der Waals surface area contributed by atoms with Crippen molar-refractivity contribution in [3.05, 3.63) is 58.7 Å². The molecule has 188 valence electrons. The highest BCUT2D eigenvalue weighted by Gasteiger charge is 2.25. The molecule has 3 heterocycles. The first-order chi connectivity index (χ1) is 17.4. The molecule has 0 bridgehead atoms. The largest absolute Gasteiger partial charge is 0.485 e. The molecule has 2 aliphatic rings. The quantitative estimate of drug-likeness (QED) is 0.529. The van der Waals surface area contributed by atoms with Crippen molar-refractivity contribution in [3.63, 3.8) is 0 Å². The molecular formula is C24H21F3N4O4S. The number of urea groups is 1. The Hall–Kier alpha value is -3.64. The van der Waals surface area contributed by atoms with Gasteiger partial charge in [0.25, 0.3) is 0 Å². The molecule has 1 aromatic heterocycles. The van der Waals surface area contributed by atoms with E-state index < -0.39 is 29.4 Å². The third kappa shape index (κ3) is 4.86. The van der Waals surface area contributed by atoms with E-state index in [4.69, 9.17) is 9.47 Å². The number of hydrogen-bond acceptors (Lipinski definition) is 7. The maximum atomic E-state index is 14.8. The van der Waals surface area contributed by atoms with Gasteiger partial charge in [-0.25, -0.2) is 18.6 Å². The van der Waals surface area contributed by atoms with Crippen LogP contribution in [0.3, 0.4) is 0 Å².